The molecule has 0 aliphatic carbocycles. The predicted molar refractivity (Wildman–Crippen MR) is 65.6 cm³/mol. The smallest absolute Gasteiger partial charge is 0.232 e. The molecule has 2 atom stereocenters. The number of thioether (sulfide) groups is 1. The van der Waals surface area contributed by atoms with Gasteiger partial charge in [-0.2, -0.15) is 0 Å². The molecule has 16 heavy (non-hydrogen) atoms. The number of amides is 1. The summed E-state index contributed by atoms with van der Waals surface area (Å²) in [7, 11) is 0. The first kappa shape index (κ1) is 13.8. The van der Waals surface area contributed by atoms with Gasteiger partial charge in [0.05, 0.1) is 31.1 Å². The van der Waals surface area contributed by atoms with Crippen LogP contribution in [-0.2, 0) is 9.53 Å². The number of hydrogen-bond acceptors (Lipinski definition) is 4. The molecule has 0 aromatic carbocycles. The van der Waals surface area contributed by atoms with Crippen molar-refractivity contribution < 1.29 is 14.6 Å². The minimum Gasteiger partial charge on any atom is -0.394 e. The van der Waals surface area contributed by atoms with Crippen molar-refractivity contribution in [2.75, 3.05) is 25.5 Å². The lowest BCUT2D eigenvalue weighted by Gasteiger charge is -2.37. The van der Waals surface area contributed by atoms with Gasteiger partial charge in [0.15, 0.2) is 0 Å². The Balaban J connectivity index is 2.45. The van der Waals surface area contributed by atoms with Gasteiger partial charge in [0.1, 0.15) is 0 Å². The zero-order valence-corrected chi connectivity index (χ0v) is 11.0. The number of rotatable bonds is 4. The van der Waals surface area contributed by atoms with E-state index in [4.69, 9.17) is 9.84 Å². The average Bonchev–Trinajstić information content (AvgIpc) is 2.26. The van der Waals surface area contributed by atoms with E-state index in [1.54, 1.807) is 11.8 Å². The van der Waals surface area contributed by atoms with Gasteiger partial charge in [0.25, 0.3) is 0 Å². The normalized spacial score (nSPS) is 26.2. The maximum absolute atomic E-state index is 11.9. The molecule has 0 radical (unpaired) electrons. The summed E-state index contributed by atoms with van der Waals surface area (Å²) in [5.41, 5.74) is 0. The van der Waals surface area contributed by atoms with Crippen LogP contribution < -0.4 is 0 Å². The molecule has 0 spiro atoms. The first-order valence-corrected chi connectivity index (χ1v) is 6.73. The number of nitrogens with zero attached hydrogens (tertiary/aromatic N) is 1. The molecule has 4 nitrogen and oxygen atoms in total. The standard InChI is InChI=1S/C11H21NO3S/c1-8(2)16-7-11(14)12-4-10(5-13)15-6-9(12)3/h8-10,13H,4-7H2,1-3H3. The van der Waals surface area contributed by atoms with E-state index >= 15 is 0 Å². The highest BCUT2D eigenvalue weighted by atomic mass is 32.2. The van der Waals surface area contributed by atoms with Crippen LogP contribution in [0.15, 0.2) is 0 Å². The fourth-order valence-corrected chi connectivity index (χ4v) is 2.24. The highest BCUT2D eigenvalue weighted by Gasteiger charge is 2.28. The quantitative estimate of drug-likeness (QED) is 0.796. The van der Waals surface area contributed by atoms with E-state index < -0.39 is 0 Å². The third-order valence-corrected chi connectivity index (χ3v) is 3.65. The van der Waals surface area contributed by atoms with Crippen molar-refractivity contribution in [3.63, 3.8) is 0 Å². The van der Waals surface area contributed by atoms with E-state index in [0.717, 1.165) is 0 Å². The van der Waals surface area contributed by atoms with Gasteiger partial charge in [0.2, 0.25) is 5.91 Å². The molecule has 0 bridgehead atoms. The summed E-state index contributed by atoms with van der Waals surface area (Å²) in [6.07, 6.45) is -0.218. The van der Waals surface area contributed by atoms with Gasteiger partial charge in [-0.05, 0) is 12.2 Å². The second-order valence-corrected chi connectivity index (χ2v) is 5.96. The van der Waals surface area contributed by atoms with E-state index in [2.05, 4.69) is 13.8 Å². The molecule has 0 aromatic heterocycles. The van der Waals surface area contributed by atoms with Crippen molar-refractivity contribution in [1.82, 2.24) is 4.90 Å². The summed E-state index contributed by atoms with van der Waals surface area (Å²) < 4.78 is 5.39. The monoisotopic (exact) mass is 247 g/mol. The second-order valence-electron chi connectivity index (χ2n) is 4.39. The molecule has 1 aliphatic heterocycles. The molecule has 1 heterocycles. The number of ether oxygens (including phenoxy) is 1. The fourth-order valence-electron chi connectivity index (χ4n) is 1.60. The largest absolute Gasteiger partial charge is 0.394 e. The summed E-state index contributed by atoms with van der Waals surface area (Å²) in [6, 6.07) is 0.114. The maximum atomic E-state index is 11.9. The number of hydrogen-bond donors (Lipinski definition) is 1. The number of aliphatic hydroxyl groups excluding tert-OH is 1. The minimum atomic E-state index is -0.218. The van der Waals surface area contributed by atoms with Crippen LogP contribution in [-0.4, -0.2) is 58.8 Å². The lowest BCUT2D eigenvalue weighted by molar-refractivity contribution is -0.143. The third-order valence-electron chi connectivity index (χ3n) is 2.57. The van der Waals surface area contributed by atoms with Crippen molar-refractivity contribution in [3.05, 3.63) is 0 Å². The van der Waals surface area contributed by atoms with Gasteiger partial charge in [-0.25, -0.2) is 0 Å². The van der Waals surface area contributed by atoms with Gasteiger partial charge in [-0.15, -0.1) is 11.8 Å². The van der Waals surface area contributed by atoms with Crippen molar-refractivity contribution >= 4 is 17.7 Å². The Labute approximate surface area is 101 Å². The first-order valence-electron chi connectivity index (χ1n) is 5.68. The van der Waals surface area contributed by atoms with Crippen LogP contribution in [0.4, 0.5) is 0 Å². The molecular formula is C11H21NO3S. The highest BCUT2D eigenvalue weighted by molar-refractivity contribution is 8.00. The van der Waals surface area contributed by atoms with E-state index in [1.165, 1.54) is 0 Å². The van der Waals surface area contributed by atoms with Gasteiger partial charge < -0.3 is 14.7 Å². The number of carbonyl (C=O) groups is 1. The second kappa shape index (κ2) is 6.47. The molecule has 5 heteroatoms. The molecule has 1 aliphatic rings. The Morgan fingerprint density at radius 3 is 2.88 bits per heavy atom. The molecule has 1 amide bonds. The van der Waals surface area contributed by atoms with Crippen molar-refractivity contribution in [1.29, 1.82) is 0 Å². The predicted octanol–water partition coefficient (Wildman–Crippen LogP) is 0.736. The lowest BCUT2D eigenvalue weighted by atomic mass is 10.2. The minimum absolute atomic E-state index is 0.0200. The van der Waals surface area contributed by atoms with E-state index in [0.29, 0.717) is 24.2 Å². The fraction of sp³-hybridized carbons (Fsp3) is 0.909. The Hall–Kier alpha value is -0.260. The zero-order valence-electron chi connectivity index (χ0n) is 10.2. The van der Waals surface area contributed by atoms with Crippen LogP contribution in [0.1, 0.15) is 20.8 Å². The van der Waals surface area contributed by atoms with Gasteiger partial charge in [-0.1, -0.05) is 13.8 Å². The highest BCUT2D eigenvalue weighted by Crippen LogP contribution is 2.15. The van der Waals surface area contributed by atoms with Crippen LogP contribution in [0.3, 0.4) is 0 Å². The molecule has 1 saturated heterocycles. The number of morpholine rings is 1. The summed E-state index contributed by atoms with van der Waals surface area (Å²) in [5.74, 6) is 0.660. The number of carbonyl (C=O) groups excluding carboxylic acids is 1. The molecular weight excluding hydrogens is 226 g/mol. The Morgan fingerprint density at radius 2 is 2.31 bits per heavy atom. The molecule has 0 saturated carbocycles. The molecule has 1 N–H and O–H groups in total. The molecule has 0 aromatic rings. The maximum Gasteiger partial charge on any atom is 0.232 e. The van der Waals surface area contributed by atoms with Gasteiger partial charge in [-0.3, -0.25) is 4.79 Å². The van der Waals surface area contributed by atoms with E-state index in [1.807, 2.05) is 11.8 Å². The molecule has 1 rings (SSSR count). The van der Waals surface area contributed by atoms with Gasteiger partial charge >= 0.3 is 0 Å². The summed E-state index contributed by atoms with van der Waals surface area (Å²) >= 11 is 1.65. The molecule has 94 valence electrons. The van der Waals surface area contributed by atoms with Gasteiger partial charge in [0, 0.05) is 6.54 Å². The molecule has 1 fully saturated rings. The zero-order chi connectivity index (χ0) is 12.1. The average molecular weight is 247 g/mol. The topological polar surface area (TPSA) is 49.8 Å². The lowest BCUT2D eigenvalue weighted by Crippen LogP contribution is -2.52. The van der Waals surface area contributed by atoms with E-state index in [-0.39, 0.29) is 24.7 Å². The summed E-state index contributed by atoms with van der Waals surface area (Å²) in [5, 5.41) is 9.49. The van der Waals surface area contributed by atoms with Crippen LogP contribution >= 0.6 is 11.8 Å². The van der Waals surface area contributed by atoms with Crippen LogP contribution in [0.2, 0.25) is 0 Å². The summed E-state index contributed by atoms with van der Waals surface area (Å²) in [6.45, 7) is 7.15. The Bertz CT molecular complexity index is 235. The van der Waals surface area contributed by atoms with Crippen molar-refractivity contribution in [2.24, 2.45) is 0 Å². The van der Waals surface area contributed by atoms with Crippen LogP contribution in [0.25, 0.3) is 0 Å². The SMILES string of the molecule is CC(C)SCC(=O)N1CC(CO)OCC1C. The van der Waals surface area contributed by atoms with Crippen molar-refractivity contribution in [3.8, 4) is 0 Å². The third kappa shape index (κ3) is 3.96. The molecule has 2 unspecified atom stereocenters. The summed E-state index contributed by atoms with van der Waals surface area (Å²) in [4.78, 5) is 13.8. The Kier molecular flexibility index (Phi) is 5.58. The first-order chi connectivity index (χ1) is 7.54. The Morgan fingerprint density at radius 1 is 1.62 bits per heavy atom. The van der Waals surface area contributed by atoms with E-state index in [9.17, 15) is 4.79 Å². The van der Waals surface area contributed by atoms with Crippen LogP contribution in [0.5, 0.6) is 0 Å². The number of aliphatic hydroxyl groups is 1. The van der Waals surface area contributed by atoms with Crippen molar-refractivity contribution in [2.45, 2.75) is 38.2 Å². The van der Waals surface area contributed by atoms with Crippen LogP contribution in [0, 0.1) is 0 Å².